The van der Waals surface area contributed by atoms with E-state index in [1.54, 1.807) is 12.1 Å². The van der Waals surface area contributed by atoms with Gasteiger partial charge in [0.15, 0.2) is 11.5 Å². The van der Waals surface area contributed by atoms with Crippen molar-refractivity contribution in [2.24, 2.45) is 0 Å². The standard InChI is InChI=1S/C16H14F2N2O5/c1-23-12-7-9(15(22)24-2)11(8-13(12)25-16(17)18)20-14(21)10-5-3-4-6-19-10/h3-8,16H,1-2H3,(H,20,21). The Balaban J connectivity index is 2.45. The Kier molecular flexibility index (Phi) is 5.83. The number of anilines is 1. The van der Waals surface area contributed by atoms with Crippen LogP contribution in [0, 0.1) is 0 Å². The molecule has 1 aromatic heterocycles. The van der Waals surface area contributed by atoms with Crippen LogP contribution < -0.4 is 14.8 Å². The van der Waals surface area contributed by atoms with Crippen molar-refractivity contribution in [2.45, 2.75) is 6.61 Å². The van der Waals surface area contributed by atoms with E-state index in [4.69, 9.17) is 4.74 Å². The zero-order valence-corrected chi connectivity index (χ0v) is 13.3. The Morgan fingerprint density at radius 2 is 1.92 bits per heavy atom. The summed E-state index contributed by atoms with van der Waals surface area (Å²) in [5.74, 6) is -1.89. The number of halogens is 2. The molecule has 1 N–H and O–H groups in total. The summed E-state index contributed by atoms with van der Waals surface area (Å²) in [5, 5.41) is 2.42. The van der Waals surface area contributed by atoms with E-state index >= 15 is 0 Å². The first-order valence-corrected chi connectivity index (χ1v) is 6.93. The number of pyridine rings is 1. The van der Waals surface area contributed by atoms with Gasteiger partial charge in [-0.05, 0) is 12.1 Å². The highest BCUT2D eigenvalue weighted by Crippen LogP contribution is 2.35. The topological polar surface area (TPSA) is 86.8 Å². The Hall–Kier alpha value is -3.23. The molecule has 2 aromatic rings. The Morgan fingerprint density at radius 3 is 2.48 bits per heavy atom. The second-order valence-electron chi connectivity index (χ2n) is 4.59. The van der Waals surface area contributed by atoms with Crippen LogP contribution in [0.15, 0.2) is 36.5 Å². The SMILES string of the molecule is COC(=O)c1cc(OC)c(OC(F)F)cc1NC(=O)c1ccccn1. The molecule has 132 valence electrons. The van der Waals surface area contributed by atoms with Crippen LogP contribution in [0.5, 0.6) is 11.5 Å². The maximum Gasteiger partial charge on any atom is 0.387 e. The smallest absolute Gasteiger partial charge is 0.387 e. The largest absolute Gasteiger partial charge is 0.493 e. The molecule has 0 atom stereocenters. The van der Waals surface area contributed by atoms with Crippen molar-refractivity contribution in [2.75, 3.05) is 19.5 Å². The van der Waals surface area contributed by atoms with E-state index in [-0.39, 0.29) is 28.4 Å². The molecule has 0 radical (unpaired) electrons. The van der Waals surface area contributed by atoms with Gasteiger partial charge < -0.3 is 19.5 Å². The number of ether oxygens (including phenoxy) is 3. The van der Waals surface area contributed by atoms with E-state index < -0.39 is 18.5 Å². The van der Waals surface area contributed by atoms with Crippen LogP contribution >= 0.6 is 0 Å². The molecule has 1 heterocycles. The molecule has 0 bridgehead atoms. The zero-order valence-electron chi connectivity index (χ0n) is 13.3. The van der Waals surface area contributed by atoms with Gasteiger partial charge in [-0.1, -0.05) is 6.07 Å². The molecule has 1 amide bonds. The minimum Gasteiger partial charge on any atom is -0.493 e. The highest BCUT2D eigenvalue weighted by atomic mass is 19.3. The van der Waals surface area contributed by atoms with Crippen LogP contribution in [-0.4, -0.2) is 37.7 Å². The minimum atomic E-state index is -3.11. The van der Waals surface area contributed by atoms with Gasteiger partial charge in [-0.2, -0.15) is 8.78 Å². The quantitative estimate of drug-likeness (QED) is 0.805. The Labute approximate surface area is 141 Å². The van der Waals surface area contributed by atoms with Crippen molar-refractivity contribution in [3.05, 3.63) is 47.8 Å². The van der Waals surface area contributed by atoms with Crippen molar-refractivity contribution in [3.8, 4) is 11.5 Å². The number of nitrogens with zero attached hydrogens (tertiary/aromatic N) is 1. The van der Waals surface area contributed by atoms with Crippen molar-refractivity contribution in [1.82, 2.24) is 4.98 Å². The monoisotopic (exact) mass is 352 g/mol. The lowest BCUT2D eigenvalue weighted by atomic mass is 10.1. The molecule has 0 saturated heterocycles. The van der Waals surface area contributed by atoms with E-state index in [2.05, 4.69) is 19.8 Å². The number of aromatic nitrogens is 1. The summed E-state index contributed by atoms with van der Waals surface area (Å²) in [6.45, 7) is -3.11. The molecular weight excluding hydrogens is 338 g/mol. The number of rotatable bonds is 6. The lowest BCUT2D eigenvalue weighted by Gasteiger charge is -2.15. The van der Waals surface area contributed by atoms with Crippen LogP contribution in [0.1, 0.15) is 20.8 Å². The minimum absolute atomic E-state index is 0.0745. The van der Waals surface area contributed by atoms with Crippen molar-refractivity contribution in [3.63, 3.8) is 0 Å². The number of methoxy groups -OCH3 is 2. The molecule has 2 rings (SSSR count). The van der Waals surface area contributed by atoms with Gasteiger partial charge in [0.05, 0.1) is 25.5 Å². The number of carbonyl (C=O) groups excluding carboxylic acids is 2. The highest BCUT2D eigenvalue weighted by Gasteiger charge is 2.21. The third-order valence-corrected chi connectivity index (χ3v) is 3.07. The summed E-state index contributed by atoms with van der Waals surface area (Å²) in [7, 11) is 2.36. The van der Waals surface area contributed by atoms with Gasteiger partial charge in [-0.15, -0.1) is 0 Å². The lowest BCUT2D eigenvalue weighted by Crippen LogP contribution is -2.17. The van der Waals surface area contributed by atoms with Gasteiger partial charge in [0.2, 0.25) is 0 Å². The number of hydrogen-bond donors (Lipinski definition) is 1. The van der Waals surface area contributed by atoms with Crippen LogP contribution in [0.3, 0.4) is 0 Å². The fraction of sp³-hybridized carbons (Fsp3) is 0.188. The van der Waals surface area contributed by atoms with Crippen LogP contribution in [0.2, 0.25) is 0 Å². The summed E-state index contributed by atoms with van der Waals surface area (Å²) in [6.07, 6.45) is 1.41. The summed E-state index contributed by atoms with van der Waals surface area (Å²) in [4.78, 5) is 28.0. The molecule has 0 fully saturated rings. The summed E-state index contributed by atoms with van der Waals surface area (Å²) in [5.41, 5.74) is -0.102. The van der Waals surface area contributed by atoms with E-state index in [0.717, 1.165) is 19.2 Å². The van der Waals surface area contributed by atoms with Crippen LogP contribution in [0.25, 0.3) is 0 Å². The molecule has 0 unspecified atom stereocenters. The number of carbonyl (C=O) groups is 2. The first kappa shape index (κ1) is 18.1. The first-order chi connectivity index (χ1) is 12.0. The second kappa shape index (κ2) is 8.04. The Morgan fingerprint density at radius 1 is 1.16 bits per heavy atom. The maximum absolute atomic E-state index is 12.6. The molecule has 7 nitrogen and oxygen atoms in total. The van der Waals surface area contributed by atoms with Gasteiger partial charge in [0.25, 0.3) is 5.91 Å². The molecule has 0 aliphatic carbocycles. The van der Waals surface area contributed by atoms with Crippen molar-refractivity contribution >= 4 is 17.6 Å². The predicted molar refractivity (Wildman–Crippen MR) is 83.2 cm³/mol. The molecule has 9 heteroatoms. The number of hydrogen-bond acceptors (Lipinski definition) is 6. The van der Waals surface area contributed by atoms with Gasteiger partial charge >= 0.3 is 12.6 Å². The van der Waals surface area contributed by atoms with Gasteiger partial charge in [0, 0.05) is 18.3 Å². The first-order valence-electron chi connectivity index (χ1n) is 6.93. The number of esters is 1. The molecule has 0 aliphatic heterocycles. The number of amides is 1. The molecule has 1 aromatic carbocycles. The van der Waals surface area contributed by atoms with E-state index in [1.807, 2.05) is 0 Å². The normalized spacial score (nSPS) is 10.3. The third-order valence-electron chi connectivity index (χ3n) is 3.07. The fourth-order valence-corrected chi connectivity index (χ4v) is 1.97. The van der Waals surface area contributed by atoms with Crippen molar-refractivity contribution < 1.29 is 32.6 Å². The van der Waals surface area contributed by atoms with Gasteiger partial charge in [-0.3, -0.25) is 9.78 Å². The lowest BCUT2D eigenvalue weighted by molar-refractivity contribution is -0.0511. The summed E-state index contributed by atoms with van der Waals surface area (Å²) in [6, 6.07) is 6.87. The average Bonchev–Trinajstić information content (AvgIpc) is 2.61. The Bertz CT molecular complexity index is 769. The maximum atomic E-state index is 12.6. The highest BCUT2D eigenvalue weighted by molar-refractivity contribution is 6.07. The summed E-state index contributed by atoms with van der Waals surface area (Å²) >= 11 is 0. The van der Waals surface area contributed by atoms with Gasteiger partial charge in [0.1, 0.15) is 5.69 Å². The van der Waals surface area contributed by atoms with E-state index in [1.165, 1.54) is 19.4 Å². The molecule has 0 spiro atoms. The van der Waals surface area contributed by atoms with E-state index in [0.29, 0.717) is 0 Å². The number of benzene rings is 1. The molecular formula is C16H14F2N2O5. The summed E-state index contributed by atoms with van der Waals surface area (Å²) < 4.78 is 39.0. The van der Waals surface area contributed by atoms with Crippen LogP contribution in [-0.2, 0) is 4.74 Å². The van der Waals surface area contributed by atoms with E-state index in [9.17, 15) is 18.4 Å². The molecule has 0 aliphatic rings. The van der Waals surface area contributed by atoms with Gasteiger partial charge in [-0.25, -0.2) is 4.79 Å². The fourth-order valence-electron chi connectivity index (χ4n) is 1.97. The van der Waals surface area contributed by atoms with Crippen molar-refractivity contribution in [1.29, 1.82) is 0 Å². The zero-order chi connectivity index (χ0) is 18.4. The second-order valence-corrected chi connectivity index (χ2v) is 4.59. The molecule has 0 saturated carbocycles. The average molecular weight is 352 g/mol. The number of alkyl halides is 2. The third kappa shape index (κ3) is 4.40. The van der Waals surface area contributed by atoms with Crippen LogP contribution in [0.4, 0.5) is 14.5 Å². The predicted octanol–water partition coefficient (Wildman–Crippen LogP) is 2.73. The number of nitrogens with one attached hydrogen (secondary N) is 1. The molecule has 25 heavy (non-hydrogen) atoms.